The van der Waals surface area contributed by atoms with Crippen molar-refractivity contribution in [3.63, 3.8) is 0 Å². The lowest BCUT2D eigenvalue weighted by Gasteiger charge is -2.15. The van der Waals surface area contributed by atoms with E-state index < -0.39 is 18.8 Å². The highest BCUT2D eigenvalue weighted by Crippen LogP contribution is 2.27. The van der Waals surface area contributed by atoms with Gasteiger partial charge in [0.05, 0.1) is 0 Å². The number of anilines is 1. The van der Waals surface area contributed by atoms with Crippen molar-refractivity contribution in [3.05, 3.63) is 59.7 Å². The van der Waals surface area contributed by atoms with E-state index in [2.05, 4.69) is 10.6 Å². The molecule has 0 radical (unpaired) electrons. The second kappa shape index (κ2) is 7.72. The van der Waals surface area contributed by atoms with Crippen molar-refractivity contribution >= 4 is 11.7 Å². The molecule has 0 bridgehead atoms. The zero-order valence-electron chi connectivity index (χ0n) is 13.0. The van der Waals surface area contributed by atoms with Gasteiger partial charge < -0.3 is 15.4 Å². The highest BCUT2D eigenvalue weighted by Gasteiger charge is 2.28. The average molecular weight is 338 g/mol. The summed E-state index contributed by atoms with van der Waals surface area (Å²) < 4.78 is 41.5. The molecule has 128 valence electrons. The highest BCUT2D eigenvalue weighted by atomic mass is 19.4. The summed E-state index contributed by atoms with van der Waals surface area (Å²) in [6.07, 6.45) is -4.41. The van der Waals surface area contributed by atoms with Gasteiger partial charge in [0.2, 0.25) is 0 Å². The summed E-state index contributed by atoms with van der Waals surface area (Å²) in [7, 11) is 0. The number of nitrogens with one attached hydrogen (secondary N) is 2. The summed E-state index contributed by atoms with van der Waals surface area (Å²) in [5.74, 6) is 0.0770. The lowest BCUT2D eigenvalue weighted by molar-refractivity contribution is -0.153. The van der Waals surface area contributed by atoms with Crippen molar-refractivity contribution in [3.8, 4) is 5.75 Å². The summed E-state index contributed by atoms with van der Waals surface area (Å²) in [6, 6.07) is 13.4. The predicted octanol–water partition coefficient (Wildman–Crippen LogP) is 4.26. The van der Waals surface area contributed by atoms with Gasteiger partial charge in [0.15, 0.2) is 6.61 Å². The molecule has 2 N–H and O–H groups in total. The van der Waals surface area contributed by atoms with Crippen LogP contribution >= 0.6 is 0 Å². The first kappa shape index (κ1) is 17.7. The van der Waals surface area contributed by atoms with Crippen molar-refractivity contribution < 1.29 is 22.7 Å². The molecule has 7 heteroatoms. The number of amides is 2. The molecule has 24 heavy (non-hydrogen) atoms. The number of rotatable bonds is 5. The van der Waals surface area contributed by atoms with E-state index >= 15 is 0 Å². The SMILES string of the molecule is Cc1c(NC(=O)NCc2ccccc2)cccc1OCC(F)(F)F. The highest BCUT2D eigenvalue weighted by molar-refractivity contribution is 5.90. The fraction of sp³-hybridized carbons (Fsp3) is 0.235. The molecule has 0 spiro atoms. The van der Waals surface area contributed by atoms with E-state index in [9.17, 15) is 18.0 Å². The fourth-order valence-corrected chi connectivity index (χ4v) is 2.01. The minimum absolute atomic E-state index is 0.0770. The Labute approximate surface area is 137 Å². The van der Waals surface area contributed by atoms with E-state index in [4.69, 9.17) is 4.74 Å². The van der Waals surface area contributed by atoms with E-state index in [1.165, 1.54) is 12.1 Å². The maximum absolute atomic E-state index is 12.2. The molecule has 2 amide bonds. The molecule has 2 aromatic rings. The van der Waals surface area contributed by atoms with E-state index in [1.54, 1.807) is 13.0 Å². The smallest absolute Gasteiger partial charge is 0.422 e. The zero-order chi connectivity index (χ0) is 17.6. The summed E-state index contributed by atoms with van der Waals surface area (Å²) in [5.41, 5.74) is 1.75. The number of benzene rings is 2. The third kappa shape index (κ3) is 5.49. The number of urea groups is 1. The van der Waals surface area contributed by atoms with Crippen LogP contribution in [0.25, 0.3) is 0 Å². The molecule has 2 aromatic carbocycles. The number of alkyl halides is 3. The van der Waals surface area contributed by atoms with Crippen LogP contribution in [0, 0.1) is 6.92 Å². The topological polar surface area (TPSA) is 50.4 Å². The van der Waals surface area contributed by atoms with Crippen LogP contribution in [0.3, 0.4) is 0 Å². The Balaban J connectivity index is 1.95. The Morgan fingerprint density at radius 1 is 1.08 bits per heavy atom. The van der Waals surface area contributed by atoms with Gasteiger partial charge in [-0.2, -0.15) is 13.2 Å². The quantitative estimate of drug-likeness (QED) is 0.856. The predicted molar refractivity (Wildman–Crippen MR) is 85.0 cm³/mol. The molecule has 2 rings (SSSR count). The minimum Gasteiger partial charge on any atom is -0.484 e. The monoisotopic (exact) mass is 338 g/mol. The number of hydrogen-bond donors (Lipinski definition) is 2. The van der Waals surface area contributed by atoms with E-state index in [0.717, 1.165) is 5.56 Å². The average Bonchev–Trinajstić information content (AvgIpc) is 2.54. The second-order valence-corrected chi connectivity index (χ2v) is 5.13. The number of carbonyl (C=O) groups excluding carboxylic acids is 1. The molecule has 4 nitrogen and oxygen atoms in total. The number of halogens is 3. The molecule has 0 heterocycles. The van der Waals surface area contributed by atoms with Crippen molar-refractivity contribution in [1.29, 1.82) is 0 Å². The number of carbonyl (C=O) groups is 1. The van der Waals surface area contributed by atoms with Crippen LogP contribution in [0.1, 0.15) is 11.1 Å². The van der Waals surface area contributed by atoms with Crippen LogP contribution in [0.5, 0.6) is 5.75 Å². The molecule has 0 unspecified atom stereocenters. The Morgan fingerprint density at radius 3 is 2.46 bits per heavy atom. The van der Waals surface area contributed by atoms with Crippen LogP contribution in [-0.4, -0.2) is 18.8 Å². The van der Waals surface area contributed by atoms with E-state index in [1.807, 2.05) is 30.3 Å². The molecule has 0 saturated carbocycles. The van der Waals surface area contributed by atoms with Crippen LogP contribution in [0.2, 0.25) is 0 Å². The largest absolute Gasteiger partial charge is 0.484 e. The fourth-order valence-electron chi connectivity index (χ4n) is 2.01. The molecule has 0 aliphatic rings. The van der Waals surface area contributed by atoms with Crippen LogP contribution < -0.4 is 15.4 Å². The number of ether oxygens (including phenoxy) is 1. The molecule has 0 aliphatic heterocycles. The molecule has 0 atom stereocenters. The van der Waals surface area contributed by atoms with Crippen LogP contribution in [0.4, 0.5) is 23.7 Å². The van der Waals surface area contributed by atoms with Gasteiger partial charge in [0, 0.05) is 17.8 Å². The maximum Gasteiger partial charge on any atom is 0.422 e. The second-order valence-electron chi connectivity index (χ2n) is 5.13. The lowest BCUT2D eigenvalue weighted by atomic mass is 10.2. The Morgan fingerprint density at radius 2 is 1.79 bits per heavy atom. The first-order valence-corrected chi connectivity index (χ1v) is 7.23. The Bertz CT molecular complexity index is 688. The standard InChI is InChI=1S/C17H17F3N2O2/c1-12-14(8-5-9-15(12)24-11-17(18,19)20)22-16(23)21-10-13-6-3-2-4-7-13/h2-9H,10-11H2,1H3,(H2,21,22,23). The normalized spacial score (nSPS) is 11.0. The van der Waals surface area contributed by atoms with E-state index in [-0.39, 0.29) is 5.75 Å². The van der Waals surface area contributed by atoms with Gasteiger partial charge in [-0.15, -0.1) is 0 Å². The van der Waals surface area contributed by atoms with Gasteiger partial charge in [-0.05, 0) is 24.6 Å². The number of hydrogen-bond acceptors (Lipinski definition) is 2. The summed E-state index contributed by atoms with van der Waals surface area (Å²) in [4.78, 5) is 11.9. The van der Waals surface area contributed by atoms with Crippen molar-refractivity contribution in [1.82, 2.24) is 5.32 Å². The van der Waals surface area contributed by atoms with Gasteiger partial charge in [-0.1, -0.05) is 36.4 Å². The minimum atomic E-state index is -4.41. The van der Waals surface area contributed by atoms with Crippen LogP contribution in [0.15, 0.2) is 48.5 Å². The molecule has 0 aliphatic carbocycles. The third-order valence-electron chi connectivity index (χ3n) is 3.22. The molecular weight excluding hydrogens is 321 g/mol. The Kier molecular flexibility index (Phi) is 5.68. The summed E-state index contributed by atoms with van der Waals surface area (Å²) >= 11 is 0. The lowest BCUT2D eigenvalue weighted by Crippen LogP contribution is -2.28. The third-order valence-corrected chi connectivity index (χ3v) is 3.22. The summed E-state index contributed by atoms with van der Waals surface area (Å²) in [6.45, 7) is 0.548. The van der Waals surface area contributed by atoms with Gasteiger partial charge >= 0.3 is 12.2 Å². The van der Waals surface area contributed by atoms with Gasteiger partial charge in [0.25, 0.3) is 0 Å². The molecule has 0 saturated heterocycles. The zero-order valence-corrected chi connectivity index (χ0v) is 13.0. The van der Waals surface area contributed by atoms with Gasteiger partial charge in [0.1, 0.15) is 5.75 Å². The first-order chi connectivity index (χ1) is 11.3. The first-order valence-electron chi connectivity index (χ1n) is 7.23. The Hall–Kier alpha value is -2.70. The van der Waals surface area contributed by atoms with E-state index in [0.29, 0.717) is 17.8 Å². The van der Waals surface area contributed by atoms with Gasteiger partial charge in [-0.25, -0.2) is 4.79 Å². The molecule has 0 fully saturated rings. The van der Waals surface area contributed by atoms with Crippen LogP contribution in [-0.2, 0) is 6.54 Å². The molecule has 0 aromatic heterocycles. The molecular formula is C17H17F3N2O2. The van der Waals surface area contributed by atoms with Crippen molar-refractivity contribution in [2.45, 2.75) is 19.6 Å². The summed E-state index contributed by atoms with van der Waals surface area (Å²) in [5, 5.41) is 5.29. The van der Waals surface area contributed by atoms with Crippen molar-refractivity contribution in [2.75, 3.05) is 11.9 Å². The van der Waals surface area contributed by atoms with Gasteiger partial charge in [-0.3, -0.25) is 0 Å². The van der Waals surface area contributed by atoms with Crippen molar-refractivity contribution in [2.24, 2.45) is 0 Å². The maximum atomic E-state index is 12.2.